The summed E-state index contributed by atoms with van der Waals surface area (Å²) in [6.07, 6.45) is 0.540. The number of aromatic nitrogens is 1. The normalized spacial score (nSPS) is 19.5. The smallest absolute Gasteiger partial charge is 0.419 e. The first kappa shape index (κ1) is 18.6. The van der Waals surface area contributed by atoms with Crippen LogP contribution < -0.4 is 5.76 Å². The van der Waals surface area contributed by atoms with Gasteiger partial charge in [-0.1, -0.05) is 6.92 Å². The van der Waals surface area contributed by atoms with Crippen LogP contribution in [0.15, 0.2) is 27.4 Å². The number of non-ortho nitro benzene ring substituents is 1. The monoisotopic (exact) mass is 377 g/mol. The number of carboxylic acid groups (broad SMARTS) is 1. The Morgan fingerprint density at radius 1 is 1.37 bits per heavy atom. The quantitative estimate of drug-likeness (QED) is 0.594. The Hall–Kier alpha value is -3.17. The van der Waals surface area contributed by atoms with Crippen molar-refractivity contribution in [2.75, 3.05) is 13.1 Å². The molecule has 1 aliphatic rings. The van der Waals surface area contributed by atoms with Gasteiger partial charge in [0.05, 0.1) is 22.4 Å². The Labute approximate surface area is 153 Å². The van der Waals surface area contributed by atoms with E-state index in [1.807, 2.05) is 6.92 Å². The van der Waals surface area contributed by atoms with Gasteiger partial charge in [0.15, 0.2) is 5.58 Å². The molecule has 1 aliphatic heterocycles. The summed E-state index contributed by atoms with van der Waals surface area (Å²) in [5.74, 6) is -2.34. The van der Waals surface area contributed by atoms with Crippen molar-refractivity contribution in [2.24, 2.45) is 11.8 Å². The standard InChI is InChI=1S/C17H19N3O7/c1-10-8-18(9-12(10)16(22)23)15(21)3-2-6-19-13-5-4-11(20(25)26)7-14(13)27-17(19)24/h4-5,7,10,12H,2-3,6,8-9H2,1H3,(H,22,23)/t10-,12-/m1/s1. The van der Waals surface area contributed by atoms with Crippen molar-refractivity contribution < 1.29 is 24.0 Å². The molecule has 0 radical (unpaired) electrons. The number of oxazole rings is 1. The third-order valence-electron chi connectivity index (χ3n) is 4.92. The minimum atomic E-state index is -0.900. The highest BCUT2D eigenvalue weighted by Gasteiger charge is 2.36. The number of nitrogens with zero attached hydrogens (tertiary/aromatic N) is 3. The molecule has 0 bridgehead atoms. The van der Waals surface area contributed by atoms with Crippen LogP contribution in [0, 0.1) is 22.0 Å². The molecule has 2 heterocycles. The number of hydrogen-bond acceptors (Lipinski definition) is 6. The SMILES string of the molecule is C[C@@H]1CN(C(=O)CCCn2c(=O)oc3cc([N+](=O)[O-])ccc32)C[C@H]1C(=O)O. The maximum atomic E-state index is 12.3. The molecule has 1 aromatic heterocycles. The van der Waals surface area contributed by atoms with Crippen molar-refractivity contribution in [3.8, 4) is 0 Å². The Bertz CT molecular complexity index is 961. The van der Waals surface area contributed by atoms with Crippen LogP contribution in [0.5, 0.6) is 0 Å². The number of likely N-dealkylation sites (tertiary alicyclic amines) is 1. The van der Waals surface area contributed by atoms with E-state index in [0.717, 1.165) is 0 Å². The Balaban J connectivity index is 1.63. The van der Waals surface area contributed by atoms with Crippen molar-refractivity contribution in [3.05, 3.63) is 38.9 Å². The number of carbonyl (C=O) groups excluding carboxylic acids is 1. The van der Waals surface area contributed by atoms with Gasteiger partial charge in [-0.25, -0.2) is 4.79 Å². The van der Waals surface area contributed by atoms with Crippen LogP contribution in [0.2, 0.25) is 0 Å². The molecule has 0 unspecified atom stereocenters. The molecule has 10 nitrogen and oxygen atoms in total. The number of nitro groups is 1. The summed E-state index contributed by atoms with van der Waals surface area (Å²) in [6.45, 7) is 2.64. The Kier molecular flexibility index (Phi) is 4.98. The second kappa shape index (κ2) is 7.22. The van der Waals surface area contributed by atoms with Crippen LogP contribution in [0.3, 0.4) is 0 Å². The number of carbonyl (C=O) groups is 2. The molecular weight excluding hydrogens is 358 g/mol. The van der Waals surface area contributed by atoms with E-state index in [1.165, 1.54) is 22.8 Å². The summed E-state index contributed by atoms with van der Waals surface area (Å²) >= 11 is 0. The van der Waals surface area contributed by atoms with E-state index in [0.29, 0.717) is 18.5 Å². The highest BCUT2D eigenvalue weighted by atomic mass is 16.6. The fourth-order valence-corrected chi connectivity index (χ4v) is 3.42. The number of aryl methyl sites for hydroxylation is 1. The Morgan fingerprint density at radius 3 is 2.74 bits per heavy atom. The minimum absolute atomic E-state index is 0.0947. The van der Waals surface area contributed by atoms with Gasteiger partial charge in [0, 0.05) is 32.1 Å². The molecule has 2 aromatic rings. The molecule has 0 saturated carbocycles. The third-order valence-corrected chi connectivity index (χ3v) is 4.92. The first-order valence-corrected chi connectivity index (χ1v) is 8.56. The minimum Gasteiger partial charge on any atom is -0.481 e. The summed E-state index contributed by atoms with van der Waals surface area (Å²) in [4.78, 5) is 47.2. The summed E-state index contributed by atoms with van der Waals surface area (Å²) in [6, 6.07) is 3.92. The van der Waals surface area contributed by atoms with E-state index in [1.54, 1.807) is 4.90 Å². The number of aliphatic carboxylic acids is 1. The maximum Gasteiger partial charge on any atom is 0.419 e. The van der Waals surface area contributed by atoms with E-state index in [9.17, 15) is 24.5 Å². The maximum absolute atomic E-state index is 12.3. The van der Waals surface area contributed by atoms with Crippen molar-refractivity contribution in [1.29, 1.82) is 0 Å². The highest BCUT2D eigenvalue weighted by molar-refractivity contribution is 5.79. The van der Waals surface area contributed by atoms with Crippen LogP contribution in [0.25, 0.3) is 11.1 Å². The molecule has 0 aliphatic carbocycles. The zero-order chi connectivity index (χ0) is 19.7. The van der Waals surface area contributed by atoms with Gasteiger partial charge >= 0.3 is 11.7 Å². The molecule has 1 saturated heterocycles. The summed E-state index contributed by atoms with van der Waals surface area (Å²) < 4.78 is 6.38. The van der Waals surface area contributed by atoms with Crippen LogP contribution in [-0.4, -0.2) is 44.5 Å². The van der Waals surface area contributed by atoms with E-state index in [2.05, 4.69) is 0 Å². The molecule has 0 spiro atoms. The lowest BCUT2D eigenvalue weighted by Gasteiger charge is -2.15. The van der Waals surface area contributed by atoms with Crippen LogP contribution in [0.1, 0.15) is 19.8 Å². The first-order chi connectivity index (χ1) is 12.8. The van der Waals surface area contributed by atoms with E-state index >= 15 is 0 Å². The molecule has 1 aromatic carbocycles. The van der Waals surface area contributed by atoms with Crippen LogP contribution in [-0.2, 0) is 16.1 Å². The van der Waals surface area contributed by atoms with E-state index in [4.69, 9.17) is 9.52 Å². The molecule has 10 heteroatoms. The van der Waals surface area contributed by atoms with Gasteiger partial charge in [-0.15, -0.1) is 0 Å². The number of amides is 1. The number of rotatable bonds is 6. The summed E-state index contributed by atoms with van der Waals surface area (Å²) in [7, 11) is 0. The van der Waals surface area contributed by atoms with Crippen LogP contribution >= 0.6 is 0 Å². The number of benzene rings is 1. The number of fused-ring (bicyclic) bond motifs is 1. The van der Waals surface area contributed by atoms with Crippen molar-refractivity contribution in [2.45, 2.75) is 26.3 Å². The fourth-order valence-electron chi connectivity index (χ4n) is 3.42. The molecule has 1 N–H and O–H groups in total. The van der Waals surface area contributed by atoms with E-state index in [-0.39, 0.29) is 42.6 Å². The van der Waals surface area contributed by atoms with Gasteiger partial charge in [-0.05, 0) is 18.4 Å². The zero-order valence-electron chi connectivity index (χ0n) is 14.7. The van der Waals surface area contributed by atoms with Gasteiger partial charge in [0.25, 0.3) is 5.69 Å². The average Bonchev–Trinajstić information content (AvgIpc) is 3.14. The molecule has 27 heavy (non-hydrogen) atoms. The second-order valence-corrected chi connectivity index (χ2v) is 6.75. The predicted octanol–water partition coefficient (Wildman–Crippen LogP) is 1.46. The number of nitro benzene ring substituents is 1. The van der Waals surface area contributed by atoms with E-state index < -0.39 is 22.6 Å². The lowest BCUT2D eigenvalue weighted by molar-refractivity contribution is -0.384. The third kappa shape index (κ3) is 3.69. The first-order valence-electron chi connectivity index (χ1n) is 8.56. The molecule has 144 valence electrons. The Morgan fingerprint density at radius 2 is 2.11 bits per heavy atom. The molecule has 2 atom stereocenters. The van der Waals surface area contributed by atoms with Gasteiger partial charge in [0.1, 0.15) is 0 Å². The van der Waals surface area contributed by atoms with Crippen molar-refractivity contribution in [3.63, 3.8) is 0 Å². The predicted molar refractivity (Wildman–Crippen MR) is 93.2 cm³/mol. The van der Waals surface area contributed by atoms with Gasteiger partial charge < -0.3 is 14.4 Å². The number of hydrogen-bond donors (Lipinski definition) is 1. The van der Waals surface area contributed by atoms with Crippen molar-refractivity contribution >= 4 is 28.7 Å². The number of carboxylic acids is 1. The topological polar surface area (TPSA) is 136 Å². The molecule has 1 amide bonds. The molecule has 3 rings (SSSR count). The second-order valence-electron chi connectivity index (χ2n) is 6.75. The highest BCUT2D eigenvalue weighted by Crippen LogP contribution is 2.24. The molecular formula is C17H19N3O7. The van der Waals surface area contributed by atoms with Gasteiger partial charge in [-0.3, -0.25) is 24.3 Å². The van der Waals surface area contributed by atoms with Crippen molar-refractivity contribution in [1.82, 2.24) is 9.47 Å². The molecule has 1 fully saturated rings. The zero-order valence-corrected chi connectivity index (χ0v) is 14.7. The summed E-state index contributed by atoms with van der Waals surface area (Å²) in [5.41, 5.74) is 0.381. The summed E-state index contributed by atoms with van der Waals surface area (Å²) in [5, 5.41) is 19.9. The lowest BCUT2D eigenvalue weighted by atomic mass is 9.99. The lowest BCUT2D eigenvalue weighted by Crippen LogP contribution is -2.30. The van der Waals surface area contributed by atoms with Crippen LogP contribution in [0.4, 0.5) is 5.69 Å². The average molecular weight is 377 g/mol. The van der Waals surface area contributed by atoms with Gasteiger partial charge in [-0.2, -0.15) is 0 Å². The van der Waals surface area contributed by atoms with Gasteiger partial charge in [0.2, 0.25) is 5.91 Å². The fraction of sp³-hybridized carbons (Fsp3) is 0.471. The largest absolute Gasteiger partial charge is 0.481 e.